The average Bonchev–Trinajstić information content (AvgIpc) is 1.94. The van der Waals surface area contributed by atoms with Crippen molar-refractivity contribution in [3.8, 4) is 0 Å². The van der Waals surface area contributed by atoms with Crippen LogP contribution in [0.5, 0.6) is 0 Å². The Bertz CT molecular complexity index is 244. The number of hydrogen-bond acceptors (Lipinski definition) is 4. The summed E-state index contributed by atoms with van der Waals surface area (Å²) in [7, 11) is -1.82. The first kappa shape index (κ1) is 12.8. The van der Waals surface area contributed by atoms with E-state index < -0.39 is 13.2 Å². The third-order valence-corrected chi connectivity index (χ3v) is 1.97. The number of hydrogen-bond donors (Lipinski definition) is 0. The predicted octanol–water partition coefficient (Wildman–Crippen LogP) is 1.59. The fourth-order valence-electron chi connectivity index (χ4n) is 0.723. The summed E-state index contributed by atoms with van der Waals surface area (Å²) >= 11 is 0. The minimum absolute atomic E-state index is 0.109. The molecule has 0 atom stereocenters. The Hall–Kier alpha value is -1.17. The molecule has 0 aliphatic carbocycles. The largest absolute Gasteiger partial charge is 0.520 e. The van der Waals surface area contributed by atoms with Crippen LogP contribution in [-0.2, 0) is 9.22 Å². The van der Waals surface area contributed by atoms with E-state index >= 15 is 0 Å². The maximum Gasteiger partial charge on any atom is 0.296 e. The molecule has 0 saturated carbocycles. The van der Waals surface area contributed by atoms with E-state index in [2.05, 4.69) is 0 Å². The average molecular weight is 217 g/mol. The lowest BCUT2D eigenvalue weighted by Crippen LogP contribution is -2.28. The number of rotatable bonds is 5. The number of carbonyl (C=O) groups is 1. The van der Waals surface area contributed by atoms with Crippen LogP contribution in [-0.4, -0.2) is 25.8 Å². The van der Waals surface area contributed by atoms with Crippen molar-refractivity contribution in [2.75, 3.05) is 6.54 Å². The van der Waals surface area contributed by atoms with Gasteiger partial charge in [-0.3, -0.25) is 14.9 Å². The molecule has 0 amide bonds. The van der Waals surface area contributed by atoms with Crippen molar-refractivity contribution < 1.29 is 14.1 Å². The zero-order chi connectivity index (χ0) is 11.2. The molecule has 6 heteroatoms. The van der Waals surface area contributed by atoms with Gasteiger partial charge in [-0.1, -0.05) is 6.08 Å². The van der Waals surface area contributed by atoms with Crippen LogP contribution < -0.4 is 0 Å². The predicted molar refractivity (Wildman–Crippen MR) is 55.1 cm³/mol. The van der Waals surface area contributed by atoms with Gasteiger partial charge in [-0.25, -0.2) is 0 Å². The molecule has 0 aromatic heterocycles. The van der Waals surface area contributed by atoms with E-state index in [1.807, 2.05) is 19.6 Å². The van der Waals surface area contributed by atoms with Crippen LogP contribution in [0.1, 0.15) is 6.42 Å². The lowest BCUT2D eigenvalue weighted by atomic mass is 10.4. The molecule has 0 spiro atoms. The molecular formula is C8H15NO4Si. The Morgan fingerprint density at radius 2 is 2.00 bits per heavy atom. The van der Waals surface area contributed by atoms with Gasteiger partial charge in [0, 0.05) is 4.92 Å². The summed E-state index contributed by atoms with van der Waals surface area (Å²) in [6.45, 7) is 5.48. The van der Waals surface area contributed by atoms with Gasteiger partial charge in [-0.15, -0.1) is 0 Å². The molecule has 0 heterocycles. The summed E-state index contributed by atoms with van der Waals surface area (Å²) in [6.07, 6.45) is 2.93. The monoisotopic (exact) mass is 217 g/mol. The van der Waals surface area contributed by atoms with Crippen molar-refractivity contribution in [1.82, 2.24) is 0 Å². The minimum Gasteiger partial charge on any atom is -0.520 e. The van der Waals surface area contributed by atoms with Crippen molar-refractivity contribution >= 4 is 14.3 Å². The van der Waals surface area contributed by atoms with E-state index in [4.69, 9.17) is 4.43 Å². The molecular weight excluding hydrogens is 202 g/mol. The van der Waals surface area contributed by atoms with Crippen molar-refractivity contribution in [3.63, 3.8) is 0 Å². The quantitative estimate of drug-likeness (QED) is 0.303. The second kappa shape index (κ2) is 5.53. The number of carbonyl (C=O) groups excluding carboxylic acids is 1. The molecule has 0 aromatic carbocycles. The highest BCUT2D eigenvalue weighted by Gasteiger charge is 2.18. The first-order valence-corrected chi connectivity index (χ1v) is 7.71. The fraction of sp³-hybridized carbons (Fsp3) is 0.625. The molecule has 14 heavy (non-hydrogen) atoms. The third kappa shape index (κ3) is 8.92. The van der Waals surface area contributed by atoms with E-state index in [-0.39, 0.29) is 18.9 Å². The van der Waals surface area contributed by atoms with Crippen molar-refractivity contribution in [2.45, 2.75) is 26.1 Å². The van der Waals surface area contributed by atoms with Gasteiger partial charge in [0.2, 0.25) is 14.9 Å². The van der Waals surface area contributed by atoms with Gasteiger partial charge in [0.05, 0.1) is 6.42 Å². The molecule has 5 nitrogen and oxygen atoms in total. The van der Waals surface area contributed by atoms with Gasteiger partial charge >= 0.3 is 0 Å². The molecule has 0 radical (unpaired) electrons. The lowest BCUT2D eigenvalue weighted by Gasteiger charge is -2.16. The summed E-state index contributed by atoms with van der Waals surface area (Å²) in [5.74, 6) is -0.316. The molecule has 0 saturated heterocycles. The first-order chi connectivity index (χ1) is 6.31. The zero-order valence-corrected chi connectivity index (χ0v) is 9.65. The van der Waals surface area contributed by atoms with E-state index in [1.54, 1.807) is 0 Å². The zero-order valence-electron chi connectivity index (χ0n) is 8.65. The van der Waals surface area contributed by atoms with Crippen molar-refractivity contribution in [3.05, 3.63) is 22.3 Å². The molecule has 0 bridgehead atoms. The third-order valence-electron chi connectivity index (χ3n) is 1.13. The molecule has 0 aliphatic heterocycles. The fourth-order valence-corrected chi connectivity index (χ4v) is 1.49. The topological polar surface area (TPSA) is 69.4 Å². The van der Waals surface area contributed by atoms with E-state index in [0.29, 0.717) is 0 Å². The molecule has 0 fully saturated rings. The highest BCUT2D eigenvalue weighted by molar-refractivity contribution is 6.71. The van der Waals surface area contributed by atoms with E-state index in [0.717, 1.165) is 0 Å². The second-order valence-corrected chi connectivity index (χ2v) is 8.21. The molecule has 0 rings (SSSR count). The smallest absolute Gasteiger partial charge is 0.296 e. The van der Waals surface area contributed by atoms with Gasteiger partial charge in [0.25, 0.3) is 5.97 Å². The van der Waals surface area contributed by atoms with Crippen LogP contribution in [0.25, 0.3) is 0 Å². The maximum absolute atomic E-state index is 11.1. The molecule has 0 unspecified atom stereocenters. The normalized spacial score (nSPS) is 11.6. The molecule has 80 valence electrons. The van der Waals surface area contributed by atoms with E-state index in [9.17, 15) is 14.9 Å². The van der Waals surface area contributed by atoms with Crippen LogP contribution in [0.4, 0.5) is 0 Å². The lowest BCUT2D eigenvalue weighted by molar-refractivity contribution is -0.468. The summed E-state index contributed by atoms with van der Waals surface area (Å²) in [4.78, 5) is 20.6. The highest BCUT2D eigenvalue weighted by Crippen LogP contribution is 2.04. The summed E-state index contributed by atoms with van der Waals surface area (Å²) in [5, 5.41) is 9.92. The Labute approximate surface area is 84.0 Å². The molecule has 0 aliphatic rings. The molecule has 0 N–H and O–H groups in total. The Morgan fingerprint density at radius 3 is 2.43 bits per heavy atom. The summed E-state index contributed by atoms with van der Waals surface area (Å²) in [5.41, 5.74) is 0. The SMILES string of the molecule is C[Si](C)(C)OC(=O)C/C=C/C[N+](=O)[O-]. The van der Waals surface area contributed by atoms with Gasteiger partial charge in [0.1, 0.15) is 0 Å². The van der Waals surface area contributed by atoms with Crippen LogP contribution in [0.15, 0.2) is 12.2 Å². The van der Waals surface area contributed by atoms with Gasteiger partial charge in [-0.2, -0.15) is 0 Å². The summed E-state index contributed by atoms with van der Waals surface area (Å²) in [6, 6.07) is 0. The first-order valence-electron chi connectivity index (χ1n) is 4.30. The van der Waals surface area contributed by atoms with Gasteiger partial charge in [-0.05, 0) is 25.7 Å². The summed E-state index contributed by atoms with van der Waals surface area (Å²) < 4.78 is 5.12. The Morgan fingerprint density at radius 1 is 1.43 bits per heavy atom. The van der Waals surface area contributed by atoms with E-state index in [1.165, 1.54) is 12.2 Å². The number of nitrogens with zero attached hydrogens (tertiary/aromatic N) is 1. The second-order valence-electron chi connectivity index (χ2n) is 3.78. The van der Waals surface area contributed by atoms with Crippen LogP contribution in [0.3, 0.4) is 0 Å². The Kier molecular flexibility index (Phi) is 5.07. The Balaban J connectivity index is 3.75. The van der Waals surface area contributed by atoms with Crippen LogP contribution in [0, 0.1) is 10.1 Å². The van der Waals surface area contributed by atoms with Crippen LogP contribution >= 0.6 is 0 Å². The van der Waals surface area contributed by atoms with Crippen molar-refractivity contribution in [1.29, 1.82) is 0 Å². The van der Waals surface area contributed by atoms with Gasteiger partial charge < -0.3 is 4.43 Å². The molecule has 0 aromatic rings. The van der Waals surface area contributed by atoms with Gasteiger partial charge in [0.15, 0.2) is 0 Å². The van der Waals surface area contributed by atoms with Crippen LogP contribution in [0.2, 0.25) is 19.6 Å². The standard InChI is InChI=1S/C8H15NO4Si/c1-14(2,3)13-8(10)6-4-5-7-9(11)12/h4-5H,6-7H2,1-3H3/b5-4+. The maximum atomic E-state index is 11.1. The number of nitro groups is 1. The highest BCUT2D eigenvalue weighted by atomic mass is 28.4. The minimum atomic E-state index is -1.82. The van der Waals surface area contributed by atoms with Crippen molar-refractivity contribution in [2.24, 2.45) is 0 Å².